The zero-order valence-corrected chi connectivity index (χ0v) is 13.0. The van der Waals surface area contributed by atoms with Gasteiger partial charge in [0.2, 0.25) is 5.91 Å². The fourth-order valence-corrected chi connectivity index (χ4v) is 4.02. The molecule has 0 bridgehead atoms. The van der Waals surface area contributed by atoms with E-state index in [0.29, 0.717) is 13.1 Å². The molecule has 1 aliphatic carbocycles. The van der Waals surface area contributed by atoms with Crippen molar-refractivity contribution in [3.8, 4) is 0 Å². The highest BCUT2D eigenvalue weighted by Gasteiger charge is 2.51. The average Bonchev–Trinajstić information content (AvgIpc) is 3.15. The molecule has 1 unspecified atom stereocenters. The van der Waals surface area contributed by atoms with Crippen LogP contribution in [0.4, 0.5) is 5.82 Å². The Bertz CT molecular complexity index is 690. The predicted octanol–water partition coefficient (Wildman–Crippen LogP) is 2.31. The summed E-state index contributed by atoms with van der Waals surface area (Å²) in [5, 5.41) is 5.02. The van der Waals surface area contributed by atoms with Crippen molar-refractivity contribution in [2.45, 2.75) is 25.2 Å². The zero-order chi connectivity index (χ0) is 15.6. The lowest BCUT2D eigenvalue weighted by Crippen LogP contribution is -2.35. The van der Waals surface area contributed by atoms with Crippen molar-refractivity contribution in [3.63, 3.8) is 0 Å². The molecule has 2 aromatic heterocycles. The number of amides is 1. The minimum absolute atomic E-state index is 0.106. The molecule has 6 heteroatoms. The molecule has 4 rings (SSSR count). The Labute approximate surface area is 132 Å². The Morgan fingerprint density at radius 2 is 2.32 bits per heavy atom. The molecular formula is C16H16N2O3S. The first-order chi connectivity index (χ1) is 10.7. The Morgan fingerprint density at radius 3 is 3.00 bits per heavy atom. The maximum atomic E-state index is 12.3. The highest BCUT2D eigenvalue weighted by Crippen LogP contribution is 2.47. The van der Waals surface area contributed by atoms with Crippen LogP contribution in [0.1, 0.15) is 22.9 Å². The molecule has 0 radical (unpaired) electrons. The van der Waals surface area contributed by atoms with Gasteiger partial charge < -0.3 is 10.1 Å². The molecule has 1 spiro atoms. The van der Waals surface area contributed by atoms with E-state index in [0.717, 1.165) is 24.2 Å². The summed E-state index contributed by atoms with van der Waals surface area (Å²) in [5.41, 5.74) is 2.00. The van der Waals surface area contributed by atoms with E-state index in [9.17, 15) is 9.59 Å². The Balaban J connectivity index is 0.000000254. The topological polar surface area (TPSA) is 68.3 Å². The highest BCUT2D eigenvalue weighted by molar-refractivity contribution is 7.10. The molecule has 3 heterocycles. The van der Waals surface area contributed by atoms with E-state index in [2.05, 4.69) is 26.5 Å². The van der Waals surface area contributed by atoms with Crippen molar-refractivity contribution in [1.82, 2.24) is 4.98 Å². The summed E-state index contributed by atoms with van der Waals surface area (Å²) < 4.78 is 4.15. The van der Waals surface area contributed by atoms with Crippen LogP contribution in [0.3, 0.4) is 0 Å². The van der Waals surface area contributed by atoms with Gasteiger partial charge in [0.15, 0.2) is 0 Å². The van der Waals surface area contributed by atoms with Crippen LogP contribution in [0.25, 0.3) is 0 Å². The van der Waals surface area contributed by atoms with Gasteiger partial charge in [0, 0.05) is 23.1 Å². The number of carbonyl (C=O) groups is 2. The van der Waals surface area contributed by atoms with Gasteiger partial charge in [0.1, 0.15) is 5.82 Å². The number of carbonyl (C=O) groups excluding carboxylic acids is 2. The number of hydrogen-bond acceptors (Lipinski definition) is 5. The lowest BCUT2D eigenvalue weighted by atomic mass is 9.80. The first kappa shape index (κ1) is 14.7. The van der Waals surface area contributed by atoms with Gasteiger partial charge in [-0.1, -0.05) is 6.07 Å². The molecule has 1 atom stereocenters. The van der Waals surface area contributed by atoms with Crippen molar-refractivity contribution in [2.75, 3.05) is 11.9 Å². The number of nitrogens with one attached hydrogen (secondary N) is 1. The smallest absolute Gasteiger partial charge is 0.293 e. The second-order valence-electron chi connectivity index (χ2n) is 5.21. The van der Waals surface area contributed by atoms with Gasteiger partial charge in [-0.05, 0) is 36.4 Å². The quantitative estimate of drug-likeness (QED) is 0.863. The van der Waals surface area contributed by atoms with Gasteiger partial charge in [0.25, 0.3) is 6.47 Å². The minimum atomic E-state index is -0.383. The summed E-state index contributed by atoms with van der Waals surface area (Å²) in [6.45, 7) is 2.66. The standard InChI is InChI=1S/C13H10N2OS.C3H6O2/c16-12-13(6-8-3-5-17-10(8)7-13)9-2-1-4-14-11(9)15-12;1-2-5-3-4/h1-5H,6-7H2,(H,14,15,16);3H,2H2,1H3. The van der Waals surface area contributed by atoms with Crippen LogP contribution in [0, 0.1) is 0 Å². The number of fused-ring (bicyclic) bond motifs is 3. The van der Waals surface area contributed by atoms with Crippen LogP contribution in [-0.4, -0.2) is 24.0 Å². The number of ether oxygens (including phenoxy) is 1. The lowest BCUT2D eigenvalue weighted by molar-refractivity contribution is -0.128. The van der Waals surface area contributed by atoms with Gasteiger partial charge in [-0.25, -0.2) is 4.98 Å². The monoisotopic (exact) mass is 316 g/mol. The van der Waals surface area contributed by atoms with Gasteiger partial charge >= 0.3 is 0 Å². The predicted molar refractivity (Wildman–Crippen MR) is 84.0 cm³/mol. The van der Waals surface area contributed by atoms with E-state index in [1.807, 2.05) is 12.1 Å². The summed E-state index contributed by atoms with van der Waals surface area (Å²) in [4.78, 5) is 27.0. The molecule has 1 aliphatic heterocycles. The molecule has 5 nitrogen and oxygen atoms in total. The summed E-state index contributed by atoms with van der Waals surface area (Å²) in [5.74, 6) is 0.849. The van der Waals surface area contributed by atoms with Crippen LogP contribution >= 0.6 is 11.3 Å². The SMILES string of the molecule is CCOC=O.O=C1Nc2ncccc2C12Cc1ccsc1C2. The lowest BCUT2D eigenvalue weighted by Gasteiger charge is -2.20. The summed E-state index contributed by atoms with van der Waals surface area (Å²) in [7, 11) is 0. The maximum Gasteiger partial charge on any atom is 0.293 e. The van der Waals surface area contributed by atoms with Crippen molar-refractivity contribution < 1.29 is 14.3 Å². The first-order valence-electron chi connectivity index (χ1n) is 7.08. The Morgan fingerprint density at radius 1 is 1.45 bits per heavy atom. The fraction of sp³-hybridized carbons (Fsp3) is 0.312. The largest absolute Gasteiger partial charge is 0.468 e. The number of aromatic nitrogens is 1. The number of rotatable bonds is 2. The molecule has 0 saturated heterocycles. The highest BCUT2D eigenvalue weighted by atomic mass is 32.1. The van der Waals surface area contributed by atoms with Crippen LogP contribution in [-0.2, 0) is 32.6 Å². The van der Waals surface area contributed by atoms with E-state index >= 15 is 0 Å². The van der Waals surface area contributed by atoms with Crippen molar-refractivity contribution in [2.24, 2.45) is 0 Å². The van der Waals surface area contributed by atoms with Crippen molar-refractivity contribution in [1.29, 1.82) is 0 Å². The Hall–Kier alpha value is -2.21. The third-order valence-electron chi connectivity index (χ3n) is 4.02. The Kier molecular flexibility index (Phi) is 3.94. The summed E-state index contributed by atoms with van der Waals surface area (Å²) in [6.07, 6.45) is 3.36. The number of thiophene rings is 1. The van der Waals surface area contributed by atoms with Crippen LogP contribution < -0.4 is 5.32 Å². The van der Waals surface area contributed by atoms with E-state index in [1.165, 1.54) is 10.4 Å². The maximum absolute atomic E-state index is 12.3. The molecular weight excluding hydrogens is 300 g/mol. The van der Waals surface area contributed by atoms with Gasteiger partial charge in [-0.3, -0.25) is 9.59 Å². The molecule has 1 N–H and O–H groups in total. The van der Waals surface area contributed by atoms with Crippen molar-refractivity contribution in [3.05, 3.63) is 45.8 Å². The molecule has 2 aromatic rings. The molecule has 1 amide bonds. The van der Waals surface area contributed by atoms with E-state index in [4.69, 9.17) is 0 Å². The van der Waals surface area contributed by atoms with Crippen LogP contribution in [0.5, 0.6) is 0 Å². The van der Waals surface area contributed by atoms with E-state index in [1.54, 1.807) is 24.5 Å². The number of pyridine rings is 1. The second-order valence-corrected chi connectivity index (χ2v) is 6.21. The summed E-state index contributed by atoms with van der Waals surface area (Å²) >= 11 is 1.75. The number of nitrogens with zero attached hydrogens (tertiary/aromatic N) is 1. The number of hydrogen-bond donors (Lipinski definition) is 1. The zero-order valence-electron chi connectivity index (χ0n) is 12.2. The average molecular weight is 316 g/mol. The van der Waals surface area contributed by atoms with Crippen LogP contribution in [0.15, 0.2) is 29.8 Å². The summed E-state index contributed by atoms with van der Waals surface area (Å²) in [6, 6.07) is 6.07. The van der Waals surface area contributed by atoms with Gasteiger partial charge in [-0.15, -0.1) is 11.3 Å². The molecule has 0 saturated carbocycles. The van der Waals surface area contributed by atoms with Crippen molar-refractivity contribution >= 4 is 29.5 Å². The number of anilines is 1. The second kappa shape index (κ2) is 5.88. The van der Waals surface area contributed by atoms with Crippen LogP contribution in [0.2, 0.25) is 0 Å². The van der Waals surface area contributed by atoms with E-state index in [-0.39, 0.29) is 11.3 Å². The minimum Gasteiger partial charge on any atom is -0.468 e. The molecule has 22 heavy (non-hydrogen) atoms. The van der Waals surface area contributed by atoms with Gasteiger partial charge in [0.05, 0.1) is 12.0 Å². The van der Waals surface area contributed by atoms with Gasteiger partial charge in [-0.2, -0.15) is 0 Å². The third kappa shape index (κ3) is 2.29. The fourth-order valence-electron chi connectivity index (χ4n) is 3.00. The first-order valence-corrected chi connectivity index (χ1v) is 7.96. The molecule has 0 fully saturated rings. The molecule has 0 aromatic carbocycles. The molecule has 114 valence electrons. The third-order valence-corrected chi connectivity index (χ3v) is 4.98. The normalized spacial score (nSPS) is 20.7. The molecule has 2 aliphatic rings. The van der Waals surface area contributed by atoms with E-state index < -0.39 is 0 Å².